The Hall–Kier alpha value is -1.28. The summed E-state index contributed by atoms with van der Waals surface area (Å²) >= 11 is 0. The van der Waals surface area contributed by atoms with Crippen LogP contribution in [0.15, 0.2) is 41.4 Å². The molecule has 0 bridgehead atoms. The number of aromatic nitrogens is 1. The molecular formula is C23H35NS. The third kappa shape index (κ3) is 5.10. The molecule has 0 saturated heterocycles. The van der Waals surface area contributed by atoms with E-state index in [1.54, 1.807) is 0 Å². The topological polar surface area (TPSA) is 12.9 Å². The number of benzene rings is 1. The third-order valence-electron chi connectivity index (χ3n) is 4.88. The Morgan fingerprint density at radius 1 is 1.00 bits per heavy atom. The Morgan fingerprint density at radius 3 is 2.24 bits per heavy atom. The van der Waals surface area contributed by atoms with Gasteiger partial charge in [0.05, 0.1) is 5.69 Å². The molecule has 0 atom stereocenters. The minimum Gasteiger partial charge on any atom is -0.255 e. The first-order chi connectivity index (χ1) is 11.8. The van der Waals surface area contributed by atoms with E-state index in [0.29, 0.717) is 11.8 Å². The van der Waals surface area contributed by atoms with Crippen LogP contribution >= 0.6 is 10.0 Å². The van der Waals surface area contributed by atoms with Gasteiger partial charge in [-0.15, -0.1) is 0 Å². The van der Waals surface area contributed by atoms with Crippen LogP contribution in [0.3, 0.4) is 0 Å². The second-order valence-electron chi connectivity index (χ2n) is 8.25. The van der Waals surface area contributed by atoms with Crippen LogP contribution in [0.5, 0.6) is 0 Å². The first-order valence-electron chi connectivity index (χ1n) is 9.53. The van der Waals surface area contributed by atoms with E-state index in [2.05, 4.69) is 83.0 Å². The van der Waals surface area contributed by atoms with Gasteiger partial charge in [-0.25, -0.2) is 10.0 Å². The zero-order chi connectivity index (χ0) is 18.6. The molecule has 2 heteroatoms. The van der Waals surface area contributed by atoms with Crippen molar-refractivity contribution in [1.82, 2.24) is 4.98 Å². The number of nitrogens with zero attached hydrogens (tertiary/aromatic N) is 1. The highest BCUT2D eigenvalue weighted by Gasteiger charge is 2.17. The Labute approximate surface area is 156 Å². The monoisotopic (exact) mass is 357 g/mol. The van der Waals surface area contributed by atoms with Crippen LogP contribution in [-0.2, 0) is 6.42 Å². The molecule has 0 saturated carbocycles. The maximum atomic E-state index is 4.86. The molecule has 25 heavy (non-hydrogen) atoms. The molecule has 0 aliphatic heterocycles. The van der Waals surface area contributed by atoms with Gasteiger partial charge < -0.3 is 0 Å². The summed E-state index contributed by atoms with van der Waals surface area (Å²) in [5, 5.41) is 0. The number of hydrogen-bond acceptors (Lipinski definition) is 1. The molecule has 0 spiro atoms. The molecule has 0 aliphatic rings. The van der Waals surface area contributed by atoms with Gasteiger partial charge in [0, 0.05) is 16.7 Å². The van der Waals surface area contributed by atoms with Gasteiger partial charge in [0.2, 0.25) is 0 Å². The average molecular weight is 358 g/mol. The average Bonchev–Trinajstić information content (AvgIpc) is 2.54. The molecule has 0 fully saturated rings. The van der Waals surface area contributed by atoms with Gasteiger partial charge in [-0.2, -0.15) is 0 Å². The fraction of sp³-hybridized carbons (Fsp3) is 0.522. The van der Waals surface area contributed by atoms with E-state index in [9.17, 15) is 0 Å². The Kier molecular flexibility index (Phi) is 6.73. The van der Waals surface area contributed by atoms with Crippen molar-refractivity contribution in [2.75, 3.05) is 18.8 Å². The number of pyridine rings is 1. The van der Waals surface area contributed by atoms with Crippen LogP contribution in [0.4, 0.5) is 0 Å². The SMILES string of the molecule is CCC(CC)c1cccc(-c2cc(CC(C)C)c(S(C)(C)C)cn2)c1. The van der Waals surface area contributed by atoms with Crippen molar-refractivity contribution >= 4 is 10.0 Å². The molecule has 1 heterocycles. The molecular weight excluding hydrogens is 322 g/mol. The molecule has 2 aromatic rings. The van der Waals surface area contributed by atoms with Crippen molar-refractivity contribution in [2.45, 2.75) is 57.8 Å². The lowest BCUT2D eigenvalue weighted by atomic mass is 9.92. The highest BCUT2D eigenvalue weighted by atomic mass is 32.3. The van der Waals surface area contributed by atoms with Crippen molar-refractivity contribution in [3.63, 3.8) is 0 Å². The summed E-state index contributed by atoms with van der Waals surface area (Å²) in [7, 11) is -0.770. The smallest absolute Gasteiger partial charge is 0.0705 e. The van der Waals surface area contributed by atoms with E-state index in [1.807, 2.05) is 0 Å². The number of rotatable bonds is 7. The van der Waals surface area contributed by atoms with Gasteiger partial charge in [-0.3, -0.25) is 4.98 Å². The van der Waals surface area contributed by atoms with Crippen LogP contribution in [0, 0.1) is 5.92 Å². The summed E-state index contributed by atoms with van der Waals surface area (Å²) in [5.41, 5.74) is 5.30. The van der Waals surface area contributed by atoms with Crippen LogP contribution in [0.25, 0.3) is 11.3 Å². The van der Waals surface area contributed by atoms with Crippen molar-refractivity contribution < 1.29 is 0 Å². The van der Waals surface area contributed by atoms with Gasteiger partial charge in [-0.1, -0.05) is 45.9 Å². The minimum absolute atomic E-state index is 0.647. The first-order valence-corrected chi connectivity index (χ1v) is 12.4. The van der Waals surface area contributed by atoms with Crippen LogP contribution in [0.1, 0.15) is 57.6 Å². The predicted molar refractivity (Wildman–Crippen MR) is 115 cm³/mol. The lowest BCUT2D eigenvalue weighted by molar-refractivity contribution is 0.639. The molecule has 2 rings (SSSR count). The van der Waals surface area contributed by atoms with E-state index in [-0.39, 0.29) is 0 Å². The maximum absolute atomic E-state index is 4.86. The standard InChI is InChI=1S/C23H35NS/c1-8-18(9-2)19-11-10-12-20(14-19)22-15-21(13-17(3)4)23(16-24-22)25(5,6)7/h10-12,14-18H,8-9,13H2,1-7H3. The molecule has 0 amide bonds. The Bertz CT molecular complexity index is 693. The number of hydrogen-bond donors (Lipinski definition) is 0. The quantitative estimate of drug-likeness (QED) is 0.525. The van der Waals surface area contributed by atoms with E-state index < -0.39 is 10.0 Å². The third-order valence-corrected chi connectivity index (χ3v) is 6.56. The molecule has 0 unspecified atom stereocenters. The predicted octanol–water partition coefficient (Wildman–Crippen LogP) is 6.90. The first kappa shape index (κ1) is 20.0. The fourth-order valence-electron chi connectivity index (χ4n) is 3.51. The molecule has 0 radical (unpaired) electrons. The summed E-state index contributed by atoms with van der Waals surface area (Å²) < 4.78 is 0. The van der Waals surface area contributed by atoms with Crippen LogP contribution < -0.4 is 0 Å². The van der Waals surface area contributed by atoms with E-state index in [4.69, 9.17) is 4.98 Å². The zero-order valence-corrected chi connectivity index (χ0v) is 17.9. The van der Waals surface area contributed by atoms with Gasteiger partial charge in [-0.05, 0) is 73.1 Å². The van der Waals surface area contributed by atoms with Gasteiger partial charge >= 0.3 is 0 Å². The Balaban J connectivity index is 2.48. The minimum atomic E-state index is -0.770. The molecule has 0 N–H and O–H groups in total. The van der Waals surface area contributed by atoms with Crippen molar-refractivity contribution in [3.8, 4) is 11.3 Å². The molecule has 1 nitrogen and oxygen atoms in total. The van der Waals surface area contributed by atoms with Gasteiger partial charge in [0.25, 0.3) is 0 Å². The van der Waals surface area contributed by atoms with E-state index >= 15 is 0 Å². The second-order valence-corrected chi connectivity index (χ2v) is 12.4. The van der Waals surface area contributed by atoms with Crippen LogP contribution in [0.2, 0.25) is 0 Å². The van der Waals surface area contributed by atoms with Crippen molar-refractivity contribution in [2.24, 2.45) is 5.92 Å². The largest absolute Gasteiger partial charge is 0.255 e. The highest BCUT2D eigenvalue weighted by molar-refractivity contribution is 8.32. The van der Waals surface area contributed by atoms with Crippen LogP contribution in [-0.4, -0.2) is 23.8 Å². The summed E-state index contributed by atoms with van der Waals surface area (Å²) in [6, 6.07) is 11.4. The van der Waals surface area contributed by atoms with E-state index in [1.165, 1.54) is 34.4 Å². The molecule has 1 aromatic carbocycles. The lowest BCUT2D eigenvalue weighted by Crippen LogP contribution is -2.04. The molecule has 1 aromatic heterocycles. The highest BCUT2D eigenvalue weighted by Crippen LogP contribution is 2.47. The van der Waals surface area contributed by atoms with Crippen molar-refractivity contribution in [3.05, 3.63) is 47.7 Å². The Morgan fingerprint density at radius 2 is 1.68 bits per heavy atom. The summed E-state index contributed by atoms with van der Waals surface area (Å²) in [6.45, 7) is 9.16. The second kappa shape index (κ2) is 8.40. The lowest BCUT2D eigenvalue weighted by Gasteiger charge is -2.29. The normalized spacial score (nSPS) is 12.8. The van der Waals surface area contributed by atoms with E-state index in [0.717, 1.165) is 12.1 Å². The zero-order valence-electron chi connectivity index (χ0n) is 17.1. The molecule has 138 valence electrons. The summed E-state index contributed by atoms with van der Waals surface area (Å²) in [6.07, 6.45) is 12.7. The maximum Gasteiger partial charge on any atom is 0.0705 e. The van der Waals surface area contributed by atoms with Gasteiger partial charge in [0.15, 0.2) is 0 Å². The summed E-state index contributed by atoms with van der Waals surface area (Å²) in [4.78, 5) is 6.32. The molecule has 0 aliphatic carbocycles. The van der Waals surface area contributed by atoms with Crippen molar-refractivity contribution in [1.29, 1.82) is 0 Å². The van der Waals surface area contributed by atoms with Gasteiger partial charge in [0.1, 0.15) is 0 Å². The summed E-state index contributed by atoms with van der Waals surface area (Å²) in [5.74, 6) is 1.31. The fourth-order valence-corrected chi connectivity index (χ4v) is 4.80.